The molecule has 28 heavy (non-hydrogen) atoms. The van der Waals surface area contributed by atoms with E-state index < -0.39 is 5.60 Å². The zero-order valence-electron chi connectivity index (χ0n) is 17.7. The number of carbonyl (C=O) groups excluding carboxylic acids is 1. The van der Waals surface area contributed by atoms with Crippen LogP contribution in [0.15, 0.2) is 23.2 Å². The fourth-order valence-corrected chi connectivity index (χ4v) is 3.83. The highest BCUT2D eigenvalue weighted by molar-refractivity contribution is 5.92. The van der Waals surface area contributed by atoms with E-state index in [1.54, 1.807) is 4.90 Å². The number of benzene rings is 1. The lowest BCUT2D eigenvalue weighted by atomic mass is 9.80. The fourth-order valence-electron chi connectivity index (χ4n) is 3.83. The molecule has 0 saturated carbocycles. The van der Waals surface area contributed by atoms with Gasteiger partial charge in [-0.15, -0.1) is 0 Å². The van der Waals surface area contributed by atoms with Crippen LogP contribution in [0.3, 0.4) is 0 Å². The number of anilines is 1. The average molecular weight is 387 g/mol. The van der Waals surface area contributed by atoms with Crippen molar-refractivity contribution in [1.82, 2.24) is 4.90 Å². The Hall–Kier alpha value is -2.24. The van der Waals surface area contributed by atoms with Crippen molar-refractivity contribution in [3.05, 3.63) is 29.3 Å². The van der Waals surface area contributed by atoms with Crippen molar-refractivity contribution in [2.45, 2.75) is 65.4 Å². The molecule has 1 heterocycles. The molecular weight excluding hydrogens is 352 g/mol. The van der Waals surface area contributed by atoms with E-state index in [0.717, 1.165) is 24.9 Å². The maximum atomic E-state index is 12.2. The molecule has 3 N–H and O–H groups in total. The maximum Gasteiger partial charge on any atom is 0.410 e. The number of nitrogens with one attached hydrogen (secondary N) is 1. The number of nitrogens with zero attached hydrogens (tertiary/aromatic N) is 2. The van der Waals surface area contributed by atoms with Crippen molar-refractivity contribution >= 4 is 17.7 Å². The monoisotopic (exact) mass is 386 g/mol. The SMILES string of the molecule is CC1(CN=C(N)Nc2ccc3c(c2)CCC3)CCN(C(=O)OC(C)(C)C)CC1. The first-order valence-electron chi connectivity index (χ1n) is 10.3. The standard InChI is InChI=1S/C22H34N4O2/c1-21(2,3)28-20(27)26-12-10-22(4,11-13-26)15-24-19(23)25-18-9-8-16-6-5-7-17(16)14-18/h8-9,14H,5-7,10-13,15H2,1-4H3,(H3,23,24,25). The first kappa shape index (κ1) is 20.5. The number of hydrogen-bond donors (Lipinski definition) is 2. The summed E-state index contributed by atoms with van der Waals surface area (Å²) in [7, 11) is 0. The van der Waals surface area contributed by atoms with Gasteiger partial charge in [-0.1, -0.05) is 13.0 Å². The summed E-state index contributed by atoms with van der Waals surface area (Å²) in [6, 6.07) is 6.45. The highest BCUT2D eigenvalue weighted by Gasteiger charge is 2.33. The Bertz CT molecular complexity index is 743. The Morgan fingerprint density at radius 1 is 1.25 bits per heavy atom. The number of ether oxygens (including phenoxy) is 1. The molecule has 1 saturated heterocycles. The Morgan fingerprint density at radius 2 is 1.93 bits per heavy atom. The summed E-state index contributed by atoms with van der Waals surface area (Å²) >= 11 is 0. The third-order valence-electron chi connectivity index (χ3n) is 5.62. The quantitative estimate of drug-likeness (QED) is 0.609. The molecule has 1 aromatic rings. The number of carbonyl (C=O) groups is 1. The molecule has 154 valence electrons. The molecule has 3 rings (SSSR count). The van der Waals surface area contributed by atoms with E-state index in [1.807, 2.05) is 20.8 Å². The smallest absolute Gasteiger partial charge is 0.410 e. The zero-order chi connectivity index (χ0) is 20.4. The van der Waals surface area contributed by atoms with Crippen LogP contribution in [0.5, 0.6) is 0 Å². The number of guanidine groups is 1. The van der Waals surface area contributed by atoms with Gasteiger partial charge in [0.25, 0.3) is 0 Å². The summed E-state index contributed by atoms with van der Waals surface area (Å²) in [5.41, 5.74) is 9.58. The van der Waals surface area contributed by atoms with Crippen molar-refractivity contribution in [2.75, 3.05) is 25.0 Å². The van der Waals surface area contributed by atoms with Gasteiger partial charge in [0.15, 0.2) is 5.96 Å². The Kier molecular flexibility index (Phi) is 5.87. The number of aliphatic imine (C=N–C) groups is 1. The normalized spacial score (nSPS) is 19.3. The second-order valence-electron chi connectivity index (χ2n) is 9.44. The van der Waals surface area contributed by atoms with Crippen LogP contribution in [-0.2, 0) is 17.6 Å². The lowest BCUT2D eigenvalue weighted by Gasteiger charge is -2.38. The summed E-state index contributed by atoms with van der Waals surface area (Å²) in [5, 5.41) is 3.22. The summed E-state index contributed by atoms with van der Waals surface area (Å²) < 4.78 is 5.47. The molecular formula is C22H34N4O2. The van der Waals surface area contributed by atoms with E-state index in [4.69, 9.17) is 10.5 Å². The van der Waals surface area contributed by atoms with Gasteiger partial charge in [0.2, 0.25) is 0 Å². The van der Waals surface area contributed by atoms with Crippen molar-refractivity contribution in [3.8, 4) is 0 Å². The van der Waals surface area contributed by atoms with Crippen LogP contribution in [0.1, 0.15) is 58.1 Å². The highest BCUT2D eigenvalue weighted by Crippen LogP contribution is 2.32. The van der Waals surface area contributed by atoms with Crippen LogP contribution >= 0.6 is 0 Å². The third kappa shape index (κ3) is 5.40. The topological polar surface area (TPSA) is 80.0 Å². The molecule has 0 spiro atoms. The van der Waals surface area contributed by atoms with Crippen LogP contribution in [0.2, 0.25) is 0 Å². The van der Waals surface area contributed by atoms with E-state index >= 15 is 0 Å². The molecule has 0 unspecified atom stereocenters. The number of piperidine rings is 1. The molecule has 1 aromatic carbocycles. The summed E-state index contributed by atoms with van der Waals surface area (Å²) in [6.45, 7) is 9.93. The van der Waals surface area contributed by atoms with Gasteiger partial charge in [-0.25, -0.2) is 4.79 Å². The van der Waals surface area contributed by atoms with Crippen LogP contribution in [-0.4, -0.2) is 42.2 Å². The molecule has 0 atom stereocenters. The first-order chi connectivity index (χ1) is 13.1. The Morgan fingerprint density at radius 3 is 2.61 bits per heavy atom. The minimum atomic E-state index is -0.459. The summed E-state index contributed by atoms with van der Waals surface area (Å²) in [5.74, 6) is 0.453. The zero-order valence-corrected chi connectivity index (χ0v) is 17.7. The largest absolute Gasteiger partial charge is 0.444 e. The van der Waals surface area contributed by atoms with Crippen molar-refractivity contribution < 1.29 is 9.53 Å². The molecule has 1 fully saturated rings. The van der Waals surface area contributed by atoms with Gasteiger partial charge in [0, 0.05) is 25.3 Å². The van der Waals surface area contributed by atoms with Gasteiger partial charge < -0.3 is 20.7 Å². The first-order valence-corrected chi connectivity index (χ1v) is 10.3. The van der Waals surface area contributed by atoms with Crippen LogP contribution in [0.25, 0.3) is 0 Å². The summed E-state index contributed by atoms with van der Waals surface area (Å²) in [6.07, 6.45) is 5.12. The molecule has 1 aliphatic heterocycles. The maximum absolute atomic E-state index is 12.2. The van der Waals surface area contributed by atoms with Gasteiger partial charge in [0.05, 0.1) is 0 Å². The fraction of sp³-hybridized carbons (Fsp3) is 0.636. The second-order valence-corrected chi connectivity index (χ2v) is 9.44. The van der Waals surface area contributed by atoms with Crippen molar-refractivity contribution in [1.29, 1.82) is 0 Å². The van der Waals surface area contributed by atoms with Gasteiger partial charge in [-0.3, -0.25) is 4.99 Å². The van der Waals surface area contributed by atoms with E-state index in [-0.39, 0.29) is 11.5 Å². The second kappa shape index (κ2) is 8.02. The predicted octanol–water partition coefficient (Wildman–Crippen LogP) is 3.94. The third-order valence-corrected chi connectivity index (χ3v) is 5.62. The molecule has 6 nitrogen and oxygen atoms in total. The Labute approximate surface area is 168 Å². The minimum absolute atomic E-state index is 0.0444. The lowest BCUT2D eigenvalue weighted by Crippen LogP contribution is -2.45. The number of amides is 1. The molecule has 1 aliphatic carbocycles. The van der Waals surface area contributed by atoms with E-state index in [1.165, 1.54) is 24.0 Å². The van der Waals surface area contributed by atoms with Gasteiger partial charge >= 0.3 is 6.09 Å². The van der Waals surface area contributed by atoms with Gasteiger partial charge in [-0.2, -0.15) is 0 Å². The lowest BCUT2D eigenvalue weighted by molar-refractivity contribution is 0.0127. The Balaban J connectivity index is 1.50. The van der Waals surface area contributed by atoms with Crippen LogP contribution in [0, 0.1) is 5.41 Å². The van der Waals surface area contributed by atoms with Crippen LogP contribution in [0.4, 0.5) is 10.5 Å². The number of fused-ring (bicyclic) bond motifs is 1. The summed E-state index contributed by atoms with van der Waals surface area (Å²) in [4.78, 5) is 18.6. The van der Waals surface area contributed by atoms with E-state index in [2.05, 4.69) is 35.4 Å². The number of hydrogen-bond acceptors (Lipinski definition) is 3. The molecule has 6 heteroatoms. The molecule has 2 aliphatic rings. The number of rotatable bonds is 3. The van der Waals surface area contributed by atoms with Crippen LogP contribution < -0.4 is 11.1 Å². The van der Waals surface area contributed by atoms with E-state index in [9.17, 15) is 4.79 Å². The van der Waals surface area contributed by atoms with E-state index in [0.29, 0.717) is 25.6 Å². The highest BCUT2D eigenvalue weighted by atomic mass is 16.6. The number of likely N-dealkylation sites (tertiary alicyclic amines) is 1. The van der Waals surface area contributed by atoms with Gasteiger partial charge in [-0.05, 0) is 81.5 Å². The molecule has 1 amide bonds. The number of nitrogens with two attached hydrogens (primary N) is 1. The van der Waals surface area contributed by atoms with Crippen molar-refractivity contribution in [2.24, 2.45) is 16.1 Å². The average Bonchev–Trinajstić information content (AvgIpc) is 3.07. The predicted molar refractivity (Wildman–Crippen MR) is 114 cm³/mol. The molecule has 0 radical (unpaired) electrons. The van der Waals surface area contributed by atoms with Crippen molar-refractivity contribution in [3.63, 3.8) is 0 Å². The van der Waals surface area contributed by atoms with Gasteiger partial charge in [0.1, 0.15) is 5.60 Å². The number of aryl methyl sites for hydroxylation is 2. The minimum Gasteiger partial charge on any atom is -0.444 e. The molecule has 0 aromatic heterocycles. The molecule has 0 bridgehead atoms.